The van der Waals surface area contributed by atoms with E-state index in [4.69, 9.17) is 14.3 Å². The third-order valence-corrected chi connectivity index (χ3v) is 6.00. The molecule has 4 rings (SSSR count). The molecule has 6 heteroatoms. The number of benzene rings is 3. The van der Waals surface area contributed by atoms with Crippen LogP contribution in [0.3, 0.4) is 0 Å². The van der Waals surface area contributed by atoms with Gasteiger partial charge in [-0.05, 0) is 51.3 Å². The van der Waals surface area contributed by atoms with E-state index in [0.717, 1.165) is 46.8 Å². The third kappa shape index (κ3) is 4.21. The second-order valence-corrected chi connectivity index (χ2v) is 8.12. The molecule has 1 heterocycles. The number of ketones is 1. The van der Waals surface area contributed by atoms with Crippen LogP contribution in [0.25, 0.3) is 21.7 Å². The van der Waals surface area contributed by atoms with Crippen LogP contribution < -0.4 is 4.74 Å². The van der Waals surface area contributed by atoms with E-state index in [1.807, 2.05) is 42.5 Å². The summed E-state index contributed by atoms with van der Waals surface area (Å²) < 4.78 is 12.0. The largest absolute Gasteiger partial charge is 0.481 e. The molecule has 3 aromatic carbocycles. The van der Waals surface area contributed by atoms with E-state index in [1.165, 1.54) is 0 Å². The molecule has 0 aliphatic rings. The van der Waals surface area contributed by atoms with Crippen LogP contribution in [0.5, 0.6) is 5.75 Å². The van der Waals surface area contributed by atoms with Crippen LogP contribution in [-0.2, 0) is 11.2 Å². The van der Waals surface area contributed by atoms with Crippen molar-refractivity contribution in [3.63, 3.8) is 0 Å². The van der Waals surface area contributed by atoms with E-state index >= 15 is 0 Å². The average molecular weight is 481 g/mol. The second kappa shape index (κ2) is 8.94. The maximum absolute atomic E-state index is 13.5. The number of halogens is 1. The van der Waals surface area contributed by atoms with Crippen LogP contribution >= 0.6 is 15.9 Å². The molecule has 1 aromatic heterocycles. The number of para-hydroxylation sites is 1. The van der Waals surface area contributed by atoms with E-state index in [1.54, 1.807) is 12.1 Å². The first-order valence-electron chi connectivity index (χ1n) is 10.1. The van der Waals surface area contributed by atoms with Crippen molar-refractivity contribution in [3.05, 3.63) is 76.0 Å². The Bertz CT molecular complexity index is 1290. The summed E-state index contributed by atoms with van der Waals surface area (Å²) in [5.74, 6) is 0.0582. The number of carboxylic acid groups (broad SMARTS) is 1. The van der Waals surface area contributed by atoms with Gasteiger partial charge in [-0.25, -0.2) is 4.79 Å². The Labute approximate surface area is 187 Å². The molecule has 0 atom stereocenters. The van der Waals surface area contributed by atoms with Crippen molar-refractivity contribution >= 4 is 49.4 Å². The van der Waals surface area contributed by atoms with Crippen LogP contribution in [0.15, 0.2) is 63.5 Å². The van der Waals surface area contributed by atoms with Crippen molar-refractivity contribution in [3.8, 4) is 5.75 Å². The van der Waals surface area contributed by atoms with Crippen LogP contribution in [0, 0.1) is 0 Å². The molecule has 0 aliphatic heterocycles. The number of carboxylic acids is 1. The first-order chi connectivity index (χ1) is 15.0. The molecule has 0 radical (unpaired) electrons. The SMILES string of the molecule is CCCCc1oc2ccccc2c1C(=O)c1ccc2c(Br)c(OCC(=O)O)ccc2c1. The zero-order chi connectivity index (χ0) is 22.0. The van der Waals surface area contributed by atoms with Crippen molar-refractivity contribution in [1.82, 2.24) is 0 Å². The van der Waals surface area contributed by atoms with Gasteiger partial charge >= 0.3 is 5.97 Å². The molecule has 0 bridgehead atoms. The number of rotatable bonds is 8. The normalized spacial score (nSPS) is 11.2. The quantitative estimate of drug-likeness (QED) is 0.295. The summed E-state index contributed by atoms with van der Waals surface area (Å²) in [6.45, 7) is 1.69. The van der Waals surface area contributed by atoms with Gasteiger partial charge in [-0.1, -0.05) is 49.7 Å². The summed E-state index contributed by atoms with van der Waals surface area (Å²) in [4.78, 5) is 24.3. The summed E-state index contributed by atoms with van der Waals surface area (Å²) in [6.07, 6.45) is 2.68. The Morgan fingerprint density at radius 2 is 1.87 bits per heavy atom. The molecule has 0 saturated heterocycles. The van der Waals surface area contributed by atoms with Gasteiger partial charge in [-0.2, -0.15) is 0 Å². The lowest BCUT2D eigenvalue weighted by molar-refractivity contribution is -0.139. The summed E-state index contributed by atoms with van der Waals surface area (Å²) in [5.41, 5.74) is 1.92. The van der Waals surface area contributed by atoms with Crippen molar-refractivity contribution in [1.29, 1.82) is 0 Å². The van der Waals surface area contributed by atoms with E-state index in [2.05, 4.69) is 22.9 Å². The predicted octanol–water partition coefficient (Wildman–Crippen LogP) is 6.39. The molecule has 0 spiro atoms. The first kappa shape index (κ1) is 21.1. The summed E-state index contributed by atoms with van der Waals surface area (Å²) in [7, 11) is 0. The highest BCUT2D eigenvalue weighted by Crippen LogP contribution is 2.35. The number of fused-ring (bicyclic) bond motifs is 2. The number of carbonyl (C=O) groups is 2. The number of aryl methyl sites for hydroxylation is 1. The fourth-order valence-electron chi connectivity index (χ4n) is 3.67. The Morgan fingerprint density at radius 3 is 2.65 bits per heavy atom. The monoisotopic (exact) mass is 480 g/mol. The summed E-state index contributed by atoms with van der Waals surface area (Å²) >= 11 is 3.49. The highest BCUT2D eigenvalue weighted by Gasteiger charge is 2.22. The molecule has 0 amide bonds. The van der Waals surface area contributed by atoms with Crippen molar-refractivity contribution in [2.24, 2.45) is 0 Å². The van der Waals surface area contributed by atoms with Gasteiger partial charge in [-0.15, -0.1) is 0 Å². The molecular weight excluding hydrogens is 460 g/mol. The molecular formula is C25H21BrO5. The van der Waals surface area contributed by atoms with Crippen LogP contribution in [0.4, 0.5) is 0 Å². The van der Waals surface area contributed by atoms with Gasteiger partial charge in [0.2, 0.25) is 0 Å². The Hall–Kier alpha value is -3.12. The van der Waals surface area contributed by atoms with Gasteiger partial charge in [0.1, 0.15) is 17.1 Å². The zero-order valence-corrected chi connectivity index (χ0v) is 18.6. The maximum atomic E-state index is 13.5. The Kier molecular flexibility index (Phi) is 6.09. The summed E-state index contributed by atoms with van der Waals surface area (Å²) in [5, 5.41) is 11.4. The van der Waals surface area contributed by atoms with Gasteiger partial charge in [0, 0.05) is 17.4 Å². The number of hydrogen-bond acceptors (Lipinski definition) is 4. The standard InChI is InChI=1S/C25H21BrO5/c1-2-3-7-20-23(18-6-4-5-8-19(18)31-20)25(29)16-9-11-17-15(13-16)10-12-21(24(17)26)30-14-22(27)28/h4-6,8-13H,2-3,7,14H2,1H3,(H,27,28). The Balaban J connectivity index is 1.74. The number of hydrogen-bond donors (Lipinski definition) is 1. The zero-order valence-electron chi connectivity index (χ0n) is 17.0. The first-order valence-corrected chi connectivity index (χ1v) is 10.9. The lowest BCUT2D eigenvalue weighted by Gasteiger charge is -2.10. The van der Waals surface area contributed by atoms with Crippen molar-refractivity contribution < 1.29 is 23.8 Å². The molecule has 5 nitrogen and oxygen atoms in total. The second-order valence-electron chi connectivity index (χ2n) is 7.33. The average Bonchev–Trinajstić information content (AvgIpc) is 3.14. The van der Waals surface area contributed by atoms with E-state index < -0.39 is 12.6 Å². The number of aliphatic carboxylic acids is 1. The number of unbranched alkanes of at least 4 members (excludes halogenated alkanes) is 1. The highest BCUT2D eigenvalue weighted by molar-refractivity contribution is 9.10. The van der Waals surface area contributed by atoms with Crippen LogP contribution in [0.2, 0.25) is 0 Å². The number of furan rings is 1. The minimum Gasteiger partial charge on any atom is -0.481 e. The third-order valence-electron chi connectivity index (χ3n) is 5.18. The Morgan fingerprint density at radius 1 is 1.06 bits per heavy atom. The number of ether oxygens (including phenoxy) is 1. The van der Waals surface area contributed by atoms with E-state index in [-0.39, 0.29) is 5.78 Å². The molecule has 158 valence electrons. The fourth-order valence-corrected chi connectivity index (χ4v) is 4.27. The molecule has 4 aromatic rings. The van der Waals surface area contributed by atoms with Gasteiger partial charge in [-0.3, -0.25) is 4.79 Å². The van der Waals surface area contributed by atoms with Gasteiger partial charge < -0.3 is 14.3 Å². The van der Waals surface area contributed by atoms with Crippen molar-refractivity contribution in [2.75, 3.05) is 6.61 Å². The number of carbonyl (C=O) groups excluding carboxylic acids is 1. The molecule has 31 heavy (non-hydrogen) atoms. The molecule has 0 aliphatic carbocycles. The van der Waals surface area contributed by atoms with Crippen molar-refractivity contribution in [2.45, 2.75) is 26.2 Å². The maximum Gasteiger partial charge on any atom is 0.341 e. The molecule has 0 fully saturated rings. The topological polar surface area (TPSA) is 76.7 Å². The van der Waals surface area contributed by atoms with E-state index in [9.17, 15) is 9.59 Å². The molecule has 1 N–H and O–H groups in total. The van der Waals surface area contributed by atoms with Gasteiger partial charge in [0.05, 0.1) is 10.0 Å². The lowest BCUT2D eigenvalue weighted by atomic mass is 9.96. The lowest BCUT2D eigenvalue weighted by Crippen LogP contribution is -2.09. The summed E-state index contributed by atoms with van der Waals surface area (Å²) in [6, 6.07) is 16.6. The molecule has 0 saturated carbocycles. The van der Waals surface area contributed by atoms with E-state index in [0.29, 0.717) is 21.3 Å². The smallest absolute Gasteiger partial charge is 0.341 e. The van der Waals surface area contributed by atoms with Crippen LogP contribution in [0.1, 0.15) is 41.4 Å². The minimum absolute atomic E-state index is 0.0692. The highest BCUT2D eigenvalue weighted by atomic mass is 79.9. The van der Waals surface area contributed by atoms with Gasteiger partial charge in [0.25, 0.3) is 0 Å². The predicted molar refractivity (Wildman–Crippen MR) is 123 cm³/mol. The fraction of sp³-hybridized carbons (Fsp3) is 0.200. The molecule has 0 unspecified atom stereocenters. The van der Waals surface area contributed by atoms with Gasteiger partial charge in [0.15, 0.2) is 12.4 Å². The van der Waals surface area contributed by atoms with Crippen LogP contribution in [-0.4, -0.2) is 23.5 Å². The minimum atomic E-state index is -1.04.